The molecule has 10 heteroatoms. The molecule has 0 fully saturated rings. The predicted octanol–water partition coefficient (Wildman–Crippen LogP) is 16.8. The van der Waals surface area contributed by atoms with Crippen LogP contribution >= 0.6 is 7.82 Å². The first-order valence-electron chi connectivity index (χ1n) is 28.3. The third-order valence-corrected chi connectivity index (χ3v) is 12.9. The number of phosphoric acid groups is 1. The first-order chi connectivity index (χ1) is 34.0. The Balaban J connectivity index is 4.13. The number of carbonyl (C=O) groups excluding carboxylic acids is 2. The summed E-state index contributed by atoms with van der Waals surface area (Å²) in [5, 5.41) is 0. The summed E-state index contributed by atoms with van der Waals surface area (Å²) in [4.78, 5) is 37.8. The fourth-order valence-corrected chi connectivity index (χ4v) is 8.33. The van der Waals surface area contributed by atoms with Gasteiger partial charge >= 0.3 is 11.9 Å². The predicted molar refractivity (Wildman–Crippen MR) is 296 cm³/mol. The van der Waals surface area contributed by atoms with Crippen molar-refractivity contribution in [3.63, 3.8) is 0 Å². The summed E-state index contributed by atoms with van der Waals surface area (Å²) in [6.07, 6.45) is 67.7. The van der Waals surface area contributed by atoms with E-state index in [1.165, 1.54) is 103 Å². The second-order valence-corrected chi connectivity index (χ2v) is 21.3. The van der Waals surface area contributed by atoms with Gasteiger partial charge in [-0.3, -0.25) is 14.2 Å². The molecule has 0 aromatic rings. The van der Waals surface area contributed by atoms with Crippen LogP contribution < -0.4 is 4.89 Å². The van der Waals surface area contributed by atoms with E-state index in [1.54, 1.807) is 0 Å². The fourth-order valence-electron chi connectivity index (χ4n) is 7.60. The summed E-state index contributed by atoms with van der Waals surface area (Å²) in [6, 6.07) is 0. The van der Waals surface area contributed by atoms with Crippen LogP contribution in [0.25, 0.3) is 0 Å². The van der Waals surface area contributed by atoms with E-state index in [4.69, 9.17) is 18.5 Å². The highest BCUT2D eigenvalue weighted by molar-refractivity contribution is 7.45. The van der Waals surface area contributed by atoms with Crippen LogP contribution in [0.1, 0.15) is 232 Å². The molecule has 0 aliphatic heterocycles. The molecule has 70 heavy (non-hydrogen) atoms. The average Bonchev–Trinajstić information content (AvgIpc) is 3.32. The molecule has 0 amide bonds. The number of hydrogen-bond acceptors (Lipinski definition) is 8. The molecule has 0 heterocycles. The van der Waals surface area contributed by atoms with E-state index in [2.05, 4.69) is 98.9 Å². The molecule has 0 aromatic heterocycles. The number of unbranched alkanes of at least 4 members (excludes halogenated alkanes) is 23. The van der Waals surface area contributed by atoms with Crippen molar-refractivity contribution in [3.05, 3.63) is 85.1 Å². The fraction of sp³-hybridized carbons (Fsp3) is 0.733. The van der Waals surface area contributed by atoms with Crippen molar-refractivity contribution in [3.8, 4) is 0 Å². The maximum absolute atomic E-state index is 12.8. The molecule has 0 saturated carbocycles. The van der Waals surface area contributed by atoms with Crippen molar-refractivity contribution in [2.45, 2.75) is 238 Å². The van der Waals surface area contributed by atoms with Crippen LogP contribution in [-0.2, 0) is 32.7 Å². The van der Waals surface area contributed by atoms with Crippen LogP contribution in [0.5, 0.6) is 0 Å². The lowest BCUT2D eigenvalue weighted by Gasteiger charge is -2.28. The van der Waals surface area contributed by atoms with Crippen molar-refractivity contribution in [1.82, 2.24) is 0 Å². The minimum atomic E-state index is -4.64. The summed E-state index contributed by atoms with van der Waals surface area (Å²) in [5.41, 5.74) is 0. The van der Waals surface area contributed by atoms with Gasteiger partial charge in [-0.25, -0.2) is 0 Å². The van der Waals surface area contributed by atoms with Gasteiger partial charge in [-0.05, 0) is 83.5 Å². The number of ether oxygens (including phenoxy) is 2. The summed E-state index contributed by atoms with van der Waals surface area (Å²) in [5.74, 6) is -0.844. The normalized spacial score (nSPS) is 14.0. The maximum Gasteiger partial charge on any atom is 0.306 e. The summed E-state index contributed by atoms with van der Waals surface area (Å²) in [7, 11) is 1.16. The van der Waals surface area contributed by atoms with Gasteiger partial charge in [0, 0.05) is 12.8 Å². The van der Waals surface area contributed by atoms with Crippen LogP contribution in [0, 0.1) is 0 Å². The SMILES string of the molecule is CC/C=C\C/C=C\C/C=C\C/C=C\CCCCCCCCCCCCCCCCCCC(=O)OC(COC(=O)CCCCCCCCC/C=C\C/C=C\C/C=C\CC)COP(=O)([O-])OCC[N+](C)(C)C. The van der Waals surface area contributed by atoms with Gasteiger partial charge in [-0.15, -0.1) is 0 Å². The molecule has 0 aliphatic carbocycles. The largest absolute Gasteiger partial charge is 0.756 e. The number of quaternary nitrogens is 1. The van der Waals surface area contributed by atoms with Crippen molar-refractivity contribution in [2.75, 3.05) is 47.5 Å². The van der Waals surface area contributed by atoms with Crippen LogP contribution in [0.15, 0.2) is 85.1 Å². The van der Waals surface area contributed by atoms with Crippen LogP contribution in [0.2, 0.25) is 0 Å². The van der Waals surface area contributed by atoms with E-state index in [0.717, 1.165) is 96.3 Å². The highest BCUT2D eigenvalue weighted by Crippen LogP contribution is 2.38. The number of hydrogen-bond donors (Lipinski definition) is 0. The Morgan fingerprint density at radius 2 is 0.771 bits per heavy atom. The number of likely N-dealkylation sites (N-methyl/N-ethyl adjacent to an activating group) is 1. The molecule has 2 unspecified atom stereocenters. The molecule has 2 atom stereocenters. The Morgan fingerprint density at radius 3 is 1.14 bits per heavy atom. The standard InChI is InChI=1S/C60H106NO8P/c1-6-8-10-12-14-16-18-20-22-24-25-26-27-28-29-30-31-32-33-34-35-37-39-41-43-45-47-49-51-53-60(63)69-58(57-68-70(64,65)67-55-54-61(3,4)5)56-66-59(62)52-50-48-46-44-42-40-38-36-23-21-19-17-15-13-11-9-7-2/h8-11,14-17,20-23,25-26,58H,6-7,12-13,18-19,24,27-57H2,1-5H3/b10-8-,11-9-,16-14-,17-15-,22-20-,23-21-,26-25-. The lowest BCUT2D eigenvalue weighted by Crippen LogP contribution is -2.37. The zero-order valence-corrected chi connectivity index (χ0v) is 46.6. The highest BCUT2D eigenvalue weighted by Gasteiger charge is 2.21. The van der Waals surface area contributed by atoms with E-state index < -0.39 is 32.5 Å². The number of nitrogens with zero attached hydrogens (tertiary/aromatic N) is 1. The smallest absolute Gasteiger partial charge is 0.306 e. The summed E-state index contributed by atoms with van der Waals surface area (Å²) in [6.45, 7) is 4.01. The Kier molecular flexibility index (Phi) is 49.1. The Hall–Kier alpha value is -2.81. The van der Waals surface area contributed by atoms with Crippen LogP contribution in [-0.4, -0.2) is 70.0 Å². The number of phosphoric ester groups is 1. The summed E-state index contributed by atoms with van der Waals surface area (Å²) < 4.78 is 34.1. The zero-order valence-electron chi connectivity index (χ0n) is 45.7. The molecule has 0 aliphatic rings. The van der Waals surface area contributed by atoms with Gasteiger partial charge in [0.25, 0.3) is 7.82 Å². The van der Waals surface area contributed by atoms with E-state index >= 15 is 0 Å². The van der Waals surface area contributed by atoms with Gasteiger partial charge in [-0.2, -0.15) is 0 Å². The molecule has 0 radical (unpaired) electrons. The van der Waals surface area contributed by atoms with Gasteiger partial charge in [0.05, 0.1) is 27.7 Å². The van der Waals surface area contributed by atoms with E-state index in [9.17, 15) is 19.0 Å². The van der Waals surface area contributed by atoms with E-state index in [1.807, 2.05) is 21.1 Å². The molecule has 404 valence electrons. The van der Waals surface area contributed by atoms with Crippen molar-refractivity contribution in [2.24, 2.45) is 0 Å². The summed E-state index contributed by atoms with van der Waals surface area (Å²) >= 11 is 0. The highest BCUT2D eigenvalue weighted by atomic mass is 31.2. The average molecular weight is 1000 g/mol. The Bertz CT molecular complexity index is 1460. The quantitative estimate of drug-likeness (QED) is 0.0195. The minimum Gasteiger partial charge on any atom is -0.756 e. The van der Waals surface area contributed by atoms with Crippen molar-refractivity contribution < 1.29 is 42.1 Å². The second kappa shape index (κ2) is 51.1. The molecule has 0 spiro atoms. The van der Waals surface area contributed by atoms with Crippen LogP contribution in [0.3, 0.4) is 0 Å². The molecule has 0 N–H and O–H groups in total. The van der Waals surface area contributed by atoms with E-state index in [0.29, 0.717) is 17.4 Å². The second-order valence-electron chi connectivity index (χ2n) is 19.9. The molecule has 0 aromatic carbocycles. The van der Waals surface area contributed by atoms with Gasteiger partial charge in [-0.1, -0.05) is 221 Å². The molecule has 0 saturated heterocycles. The van der Waals surface area contributed by atoms with Crippen molar-refractivity contribution in [1.29, 1.82) is 0 Å². The number of carbonyl (C=O) groups is 2. The Morgan fingerprint density at radius 1 is 0.443 bits per heavy atom. The minimum absolute atomic E-state index is 0.0353. The lowest BCUT2D eigenvalue weighted by atomic mass is 10.0. The first-order valence-corrected chi connectivity index (χ1v) is 29.8. The van der Waals surface area contributed by atoms with Crippen molar-refractivity contribution >= 4 is 19.8 Å². The molecule has 0 rings (SSSR count). The van der Waals surface area contributed by atoms with Gasteiger partial charge in [0.1, 0.15) is 19.8 Å². The first kappa shape index (κ1) is 67.2. The third kappa shape index (κ3) is 54.5. The maximum atomic E-state index is 12.8. The molecular formula is C60H106NO8P. The van der Waals surface area contributed by atoms with E-state index in [-0.39, 0.29) is 26.1 Å². The Labute approximate surface area is 431 Å². The molecule has 9 nitrogen and oxygen atoms in total. The third-order valence-electron chi connectivity index (χ3n) is 11.9. The monoisotopic (exact) mass is 1000 g/mol. The van der Waals surface area contributed by atoms with Gasteiger partial charge in [0.15, 0.2) is 6.10 Å². The van der Waals surface area contributed by atoms with Gasteiger partial charge < -0.3 is 27.9 Å². The molecular weight excluding hydrogens is 894 g/mol. The number of rotatable bonds is 51. The topological polar surface area (TPSA) is 111 Å². The zero-order chi connectivity index (χ0) is 51.3. The lowest BCUT2D eigenvalue weighted by molar-refractivity contribution is -0.870. The van der Waals surface area contributed by atoms with Crippen LogP contribution in [0.4, 0.5) is 0 Å². The molecule has 0 bridgehead atoms. The number of esters is 2. The number of allylic oxidation sites excluding steroid dienone is 14. The van der Waals surface area contributed by atoms with Gasteiger partial charge in [0.2, 0.25) is 0 Å².